The smallest absolute Gasteiger partial charge is 0.307 e. The van der Waals surface area contributed by atoms with Crippen LogP contribution in [0.3, 0.4) is 0 Å². The first kappa shape index (κ1) is 26.0. The summed E-state index contributed by atoms with van der Waals surface area (Å²) in [6.45, 7) is 1.76. The summed E-state index contributed by atoms with van der Waals surface area (Å²) in [5, 5.41) is 18.3. The van der Waals surface area contributed by atoms with Crippen molar-refractivity contribution in [3.05, 3.63) is 95.1 Å². The fraction of sp³-hybridized carbons (Fsp3) is 0.258. The molecule has 2 aliphatic rings. The molecule has 2 aromatic carbocycles. The molecule has 3 aromatic heterocycles. The summed E-state index contributed by atoms with van der Waals surface area (Å²) in [4.78, 5) is 31.2. The van der Waals surface area contributed by atoms with Crippen LogP contribution in [0.2, 0.25) is 0 Å². The Balaban J connectivity index is 1.29. The Morgan fingerprint density at radius 2 is 1.79 bits per heavy atom. The van der Waals surface area contributed by atoms with Crippen LogP contribution < -0.4 is 0 Å². The number of aliphatic carboxylic acids is 1. The van der Waals surface area contributed by atoms with Crippen LogP contribution in [-0.4, -0.2) is 52.8 Å². The normalized spacial score (nSPS) is 21.4. The molecule has 5 aromatic rings. The maximum Gasteiger partial charge on any atom is 0.307 e. The van der Waals surface area contributed by atoms with Crippen molar-refractivity contribution < 1.29 is 23.5 Å². The van der Waals surface area contributed by atoms with E-state index >= 15 is 8.78 Å². The Kier molecular flexibility index (Phi) is 5.93. The van der Waals surface area contributed by atoms with Gasteiger partial charge in [-0.25, -0.2) is 18.3 Å². The zero-order valence-electron chi connectivity index (χ0n) is 22.8. The molecule has 4 heterocycles. The van der Waals surface area contributed by atoms with E-state index in [1.165, 1.54) is 15.5 Å². The summed E-state index contributed by atoms with van der Waals surface area (Å²) < 4.78 is 33.6. The molecule has 1 amide bonds. The van der Waals surface area contributed by atoms with Crippen molar-refractivity contribution in [1.82, 2.24) is 29.3 Å². The number of aryl methyl sites for hydroxylation is 1. The molecule has 212 valence electrons. The molecule has 1 aliphatic carbocycles. The lowest BCUT2D eigenvalue weighted by molar-refractivity contribution is -0.138. The Morgan fingerprint density at radius 3 is 2.48 bits per heavy atom. The van der Waals surface area contributed by atoms with E-state index in [0.29, 0.717) is 40.3 Å². The first-order chi connectivity index (χ1) is 20.2. The zero-order chi connectivity index (χ0) is 29.3. The van der Waals surface area contributed by atoms with E-state index in [-0.39, 0.29) is 29.8 Å². The van der Waals surface area contributed by atoms with Gasteiger partial charge in [-0.1, -0.05) is 30.3 Å². The number of carbonyl (C=O) groups is 2. The van der Waals surface area contributed by atoms with Gasteiger partial charge in [0.25, 0.3) is 5.91 Å². The SMILES string of the molecule is C[C@@H]1c2ccccc2[C@@H](F)CN1C(=O)c1cc(-c2ccn(C)n2)n2nc(-c3ccc([C@H]4C[C@@H]4C(=O)O)cc3F)cc2n1. The van der Waals surface area contributed by atoms with Crippen molar-refractivity contribution in [1.29, 1.82) is 0 Å². The molecule has 1 N–H and O–H groups in total. The number of benzene rings is 2. The van der Waals surface area contributed by atoms with Gasteiger partial charge in [0.15, 0.2) is 5.65 Å². The monoisotopic (exact) mass is 568 g/mol. The zero-order valence-corrected chi connectivity index (χ0v) is 22.8. The number of carboxylic acids is 1. The van der Waals surface area contributed by atoms with Crippen molar-refractivity contribution in [2.45, 2.75) is 31.5 Å². The molecule has 1 aliphatic heterocycles. The van der Waals surface area contributed by atoms with Crippen molar-refractivity contribution >= 4 is 17.5 Å². The number of alkyl halides is 1. The van der Waals surface area contributed by atoms with Gasteiger partial charge in [-0.2, -0.15) is 10.2 Å². The molecular formula is C31H26F2N6O3. The van der Waals surface area contributed by atoms with Gasteiger partial charge in [-0.3, -0.25) is 14.3 Å². The number of halogens is 2. The van der Waals surface area contributed by atoms with Gasteiger partial charge in [0.05, 0.1) is 29.9 Å². The maximum atomic E-state index is 15.3. The number of hydrogen-bond acceptors (Lipinski definition) is 5. The Hall–Kier alpha value is -4.93. The molecule has 0 unspecified atom stereocenters. The minimum absolute atomic E-state index is 0.0947. The van der Waals surface area contributed by atoms with Crippen LogP contribution in [0.1, 0.15) is 58.7 Å². The van der Waals surface area contributed by atoms with Gasteiger partial charge in [-0.15, -0.1) is 0 Å². The topological polar surface area (TPSA) is 106 Å². The fourth-order valence-electron chi connectivity index (χ4n) is 5.94. The number of hydrogen-bond donors (Lipinski definition) is 1. The van der Waals surface area contributed by atoms with Crippen LogP contribution in [0.4, 0.5) is 8.78 Å². The number of carboxylic acid groups (broad SMARTS) is 1. The molecule has 11 heteroatoms. The van der Waals surface area contributed by atoms with E-state index in [9.17, 15) is 14.7 Å². The van der Waals surface area contributed by atoms with E-state index < -0.39 is 29.8 Å². The minimum atomic E-state index is -1.32. The van der Waals surface area contributed by atoms with Gasteiger partial charge in [0.2, 0.25) is 0 Å². The molecule has 1 saturated carbocycles. The molecule has 7 rings (SSSR count). The summed E-state index contributed by atoms with van der Waals surface area (Å²) >= 11 is 0. The van der Waals surface area contributed by atoms with E-state index in [1.54, 1.807) is 60.4 Å². The van der Waals surface area contributed by atoms with Crippen LogP contribution in [0.15, 0.2) is 66.9 Å². The van der Waals surface area contributed by atoms with Gasteiger partial charge in [0.1, 0.15) is 23.4 Å². The van der Waals surface area contributed by atoms with Crippen molar-refractivity contribution in [2.75, 3.05) is 6.54 Å². The molecule has 4 atom stereocenters. The van der Waals surface area contributed by atoms with Gasteiger partial charge >= 0.3 is 5.97 Å². The van der Waals surface area contributed by atoms with Crippen molar-refractivity contribution in [3.63, 3.8) is 0 Å². The summed E-state index contributed by atoms with van der Waals surface area (Å²) in [5.41, 5.74) is 3.88. The molecule has 42 heavy (non-hydrogen) atoms. The molecule has 9 nitrogen and oxygen atoms in total. The highest BCUT2D eigenvalue weighted by molar-refractivity contribution is 5.94. The average Bonchev–Trinajstić information content (AvgIpc) is 3.50. The molecule has 1 fully saturated rings. The fourth-order valence-corrected chi connectivity index (χ4v) is 5.94. The van der Waals surface area contributed by atoms with Crippen LogP contribution in [0.25, 0.3) is 28.3 Å². The highest BCUT2D eigenvalue weighted by atomic mass is 19.1. The number of amides is 1. The average molecular weight is 569 g/mol. The highest BCUT2D eigenvalue weighted by Gasteiger charge is 2.44. The lowest BCUT2D eigenvalue weighted by Gasteiger charge is -2.36. The van der Waals surface area contributed by atoms with E-state index in [4.69, 9.17) is 0 Å². The quantitative estimate of drug-likeness (QED) is 0.306. The van der Waals surface area contributed by atoms with Crippen LogP contribution in [-0.2, 0) is 11.8 Å². The second-order valence-corrected chi connectivity index (χ2v) is 11.0. The predicted molar refractivity (Wildman–Crippen MR) is 149 cm³/mol. The van der Waals surface area contributed by atoms with Crippen LogP contribution in [0, 0.1) is 11.7 Å². The summed E-state index contributed by atoms with van der Waals surface area (Å²) in [6.07, 6.45) is 0.918. The van der Waals surface area contributed by atoms with E-state index in [2.05, 4.69) is 15.2 Å². The Bertz CT molecular complexity index is 1900. The van der Waals surface area contributed by atoms with Crippen LogP contribution >= 0.6 is 0 Å². The summed E-state index contributed by atoms with van der Waals surface area (Å²) in [5.74, 6) is -2.54. The number of carbonyl (C=O) groups excluding carboxylic acids is 1. The van der Waals surface area contributed by atoms with Crippen LogP contribution in [0.5, 0.6) is 0 Å². The molecular weight excluding hydrogens is 542 g/mol. The number of nitrogens with zero attached hydrogens (tertiary/aromatic N) is 6. The first-order valence-electron chi connectivity index (χ1n) is 13.7. The third-order valence-corrected chi connectivity index (χ3v) is 8.30. The lowest BCUT2D eigenvalue weighted by atomic mass is 9.92. The molecule has 0 spiro atoms. The largest absolute Gasteiger partial charge is 0.481 e. The van der Waals surface area contributed by atoms with Gasteiger partial charge in [0, 0.05) is 24.9 Å². The molecule has 0 radical (unpaired) electrons. The highest BCUT2D eigenvalue weighted by Crippen LogP contribution is 2.48. The Morgan fingerprint density at radius 1 is 1.00 bits per heavy atom. The van der Waals surface area contributed by atoms with E-state index in [0.717, 1.165) is 5.56 Å². The third kappa shape index (κ3) is 4.23. The van der Waals surface area contributed by atoms with Gasteiger partial charge in [-0.05, 0) is 60.2 Å². The molecule has 0 bridgehead atoms. The number of fused-ring (bicyclic) bond motifs is 2. The van der Waals surface area contributed by atoms with Crippen molar-refractivity contribution in [2.24, 2.45) is 13.0 Å². The third-order valence-electron chi connectivity index (χ3n) is 8.30. The summed E-state index contributed by atoms with van der Waals surface area (Å²) in [6, 6.07) is 16.4. The summed E-state index contributed by atoms with van der Waals surface area (Å²) in [7, 11) is 1.77. The minimum Gasteiger partial charge on any atom is -0.481 e. The number of aromatic nitrogens is 5. The molecule has 0 saturated heterocycles. The van der Waals surface area contributed by atoms with E-state index in [1.807, 2.05) is 19.1 Å². The lowest BCUT2D eigenvalue weighted by Crippen LogP contribution is -2.40. The standard InChI is InChI=1S/C31H26F2N6O3/c1-16-18-5-3-4-6-19(18)24(33)15-38(16)30(40)27-13-28(25-9-10-37(2)35-25)39-29(34-27)14-26(36-39)20-8-7-17(11-23(20)32)21-12-22(21)31(41)42/h3-11,13-14,16,21-22,24H,12,15H2,1-2H3,(H,41,42)/t16-,21-,22+,24+/m1/s1. The first-order valence-corrected chi connectivity index (χ1v) is 13.7. The number of rotatable bonds is 5. The Labute approximate surface area is 239 Å². The van der Waals surface area contributed by atoms with Gasteiger partial charge < -0.3 is 10.0 Å². The second-order valence-electron chi connectivity index (χ2n) is 11.0. The maximum absolute atomic E-state index is 15.3. The second kappa shape index (κ2) is 9.57. The predicted octanol–water partition coefficient (Wildman–Crippen LogP) is 5.35. The van der Waals surface area contributed by atoms with Crippen molar-refractivity contribution in [3.8, 4) is 22.6 Å².